The van der Waals surface area contributed by atoms with Crippen LogP contribution in [-0.4, -0.2) is 52.2 Å². The van der Waals surface area contributed by atoms with Crippen LogP contribution in [0.25, 0.3) is 0 Å². The SMILES string of the molecule is N/C(=N/O)c1cc([N+](=O)[O-])cnc1N(CCO)CC(F)F. The van der Waals surface area contributed by atoms with E-state index in [2.05, 4.69) is 10.1 Å². The number of nitro groups is 1. The monoisotopic (exact) mass is 305 g/mol. The lowest BCUT2D eigenvalue weighted by atomic mass is 10.2. The van der Waals surface area contributed by atoms with Gasteiger partial charge in [-0.05, 0) is 0 Å². The zero-order valence-corrected chi connectivity index (χ0v) is 10.7. The van der Waals surface area contributed by atoms with Gasteiger partial charge in [-0.3, -0.25) is 10.1 Å². The summed E-state index contributed by atoms with van der Waals surface area (Å²) in [5, 5.41) is 31.0. The van der Waals surface area contributed by atoms with Crippen molar-refractivity contribution in [2.45, 2.75) is 6.43 Å². The first-order valence-electron chi connectivity index (χ1n) is 5.67. The molecule has 9 nitrogen and oxygen atoms in total. The Kier molecular flexibility index (Phi) is 5.72. The van der Waals surface area contributed by atoms with Crippen molar-refractivity contribution in [3.05, 3.63) is 27.9 Å². The minimum Gasteiger partial charge on any atom is -0.409 e. The van der Waals surface area contributed by atoms with E-state index in [1.165, 1.54) is 0 Å². The molecule has 0 aromatic carbocycles. The van der Waals surface area contributed by atoms with E-state index in [-0.39, 0.29) is 17.9 Å². The highest BCUT2D eigenvalue weighted by Gasteiger charge is 2.22. The maximum atomic E-state index is 12.5. The van der Waals surface area contributed by atoms with E-state index in [4.69, 9.17) is 16.0 Å². The molecule has 0 spiro atoms. The molecule has 0 aliphatic carbocycles. The van der Waals surface area contributed by atoms with Gasteiger partial charge in [0.15, 0.2) is 5.84 Å². The molecule has 0 saturated carbocycles. The number of aromatic nitrogens is 1. The highest BCUT2D eigenvalue weighted by molar-refractivity contribution is 6.01. The number of hydrogen-bond acceptors (Lipinski definition) is 7. The predicted octanol–water partition coefficient (Wildman–Crippen LogP) is 0.148. The zero-order chi connectivity index (χ0) is 16.0. The standard InChI is InChI=1S/C10H13F2N5O4/c11-8(12)5-16(1-2-18)10-7(9(13)15-19)3-6(4-14-10)17(20)21/h3-4,8,18-19H,1-2,5H2,(H2,13,15). The summed E-state index contributed by atoms with van der Waals surface area (Å²) in [7, 11) is 0. The molecule has 0 atom stereocenters. The third-order valence-corrected chi connectivity index (χ3v) is 2.47. The summed E-state index contributed by atoms with van der Waals surface area (Å²) >= 11 is 0. The molecule has 1 rings (SSSR count). The van der Waals surface area contributed by atoms with Gasteiger partial charge in [-0.1, -0.05) is 5.16 Å². The molecule has 0 fully saturated rings. The van der Waals surface area contributed by atoms with Gasteiger partial charge in [0, 0.05) is 12.6 Å². The molecule has 4 N–H and O–H groups in total. The molecule has 0 saturated heterocycles. The second kappa shape index (κ2) is 7.28. The van der Waals surface area contributed by atoms with Crippen LogP contribution in [0.4, 0.5) is 20.3 Å². The number of halogens is 2. The van der Waals surface area contributed by atoms with Gasteiger partial charge >= 0.3 is 0 Å². The van der Waals surface area contributed by atoms with Crippen LogP contribution in [0.5, 0.6) is 0 Å². The molecular formula is C10H13F2N5O4. The van der Waals surface area contributed by atoms with Gasteiger partial charge in [0.2, 0.25) is 0 Å². The fourth-order valence-corrected chi connectivity index (χ4v) is 1.61. The van der Waals surface area contributed by atoms with Gasteiger partial charge in [0.05, 0.1) is 23.6 Å². The Balaban J connectivity index is 3.34. The number of amidine groups is 1. The molecule has 1 aromatic heterocycles. The highest BCUT2D eigenvalue weighted by atomic mass is 19.3. The molecule has 0 unspecified atom stereocenters. The first kappa shape index (κ1) is 16.5. The molecule has 11 heteroatoms. The van der Waals surface area contributed by atoms with Gasteiger partial charge in [-0.2, -0.15) is 0 Å². The first-order valence-corrected chi connectivity index (χ1v) is 5.67. The van der Waals surface area contributed by atoms with E-state index in [0.29, 0.717) is 0 Å². The average molecular weight is 305 g/mol. The number of alkyl halides is 2. The summed E-state index contributed by atoms with van der Waals surface area (Å²) in [4.78, 5) is 14.6. The van der Waals surface area contributed by atoms with E-state index in [0.717, 1.165) is 17.2 Å². The number of aliphatic hydroxyl groups is 1. The van der Waals surface area contributed by atoms with Gasteiger partial charge < -0.3 is 20.9 Å². The Morgan fingerprint density at radius 2 is 2.29 bits per heavy atom. The van der Waals surface area contributed by atoms with Crippen LogP contribution >= 0.6 is 0 Å². The van der Waals surface area contributed by atoms with Crippen molar-refractivity contribution in [1.82, 2.24) is 4.98 Å². The summed E-state index contributed by atoms with van der Waals surface area (Å²) in [5.74, 6) is -0.663. The largest absolute Gasteiger partial charge is 0.409 e. The number of pyridine rings is 1. The summed E-state index contributed by atoms with van der Waals surface area (Å²) in [6, 6.07) is 0.952. The number of nitrogens with two attached hydrogens (primary N) is 1. The molecule has 0 aliphatic rings. The minimum atomic E-state index is -2.73. The van der Waals surface area contributed by atoms with E-state index in [1.54, 1.807) is 0 Å². The molecule has 21 heavy (non-hydrogen) atoms. The Morgan fingerprint density at radius 3 is 2.76 bits per heavy atom. The van der Waals surface area contributed by atoms with E-state index < -0.39 is 36.0 Å². The minimum absolute atomic E-state index is 0.148. The Hall–Kier alpha value is -2.56. The Bertz CT molecular complexity index is 540. The fourth-order valence-electron chi connectivity index (χ4n) is 1.61. The quantitative estimate of drug-likeness (QED) is 0.214. The second-order valence-corrected chi connectivity index (χ2v) is 3.87. The van der Waals surface area contributed by atoms with Crippen LogP contribution in [0.15, 0.2) is 17.4 Å². The first-order chi connectivity index (χ1) is 9.90. The Morgan fingerprint density at radius 1 is 1.62 bits per heavy atom. The lowest BCUT2D eigenvalue weighted by Crippen LogP contribution is -2.34. The molecule has 0 bridgehead atoms. The van der Waals surface area contributed by atoms with Gasteiger partial charge in [0.1, 0.15) is 12.0 Å². The third-order valence-electron chi connectivity index (χ3n) is 2.47. The fraction of sp³-hybridized carbons (Fsp3) is 0.400. The van der Waals surface area contributed by atoms with E-state index >= 15 is 0 Å². The lowest BCUT2D eigenvalue weighted by Gasteiger charge is -2.24. The average Bonchev–Trinajstić information content (AvgIpc) is 2.44. The van der Waals surface area contributed by atoms with Gasteiger partial charge in [-0.15, -0.1) is 0 Å². The molecule has 0 amide bonds. The topological polar surface area (TPSA) is 138 Å². The normalized spacial score (nSPS) is 11.7. The molecular weight excluding hydrogens is 292 g/mol. The van der Waals surface area contributed by atoms with Gasteiger partial charge in [-0.25, -0.2) is 13.8 Å². The van der Waals surface area contributed by atoms with Crippen LogP contribution in [-0.2, 0) is 0 Å². The highest BCUT2D eigenvalue weighted by Crippen LogP contribution is 2.23. The van der Waals surface area contributed by atoms with Crippen LogP contribution in [0.2, 0.25) is 0 Å². The molecule has 1 aromatic rings. The van der Waals surface area contributed by atoms with Gasteiger partial charge in [0.25, 0.3) is 12.1 Å². The molecule has 0 aliphatic heterocycles. The summed E-state index contributed by atoms with van der Waals surface area (Å²) in [6.07, 6.45) is -1.87. The third kappa shape index (κ3) is 4.21. The van der Waals surface area contributed by atoms with Crippen LogP contribution in [0.3, 0.4) is 0 Å². The van der Waals surface area contributed by atoms with Crippen LogP contribution < -0.4 is 10.6 Å². The van der Waals surface area contributed by atoms with E-state index in [1.807, 2.05) is 0 Å². The van der Waals surface area contributed by atoms with Crippen molar-refractivity contribution in [3.63, 3.8) is 0 Å². The van der Waals surface area contributed by atoms with E-state index in [9.17, 15) is 18.9 Å². The van der Waals surface area contributed by atoms with Crippen molar-refractivity contribution < 1.29 is 24.0 Å². The maximum Gasteiger partial charge on any atom is 0.288 e. The van der Waals surface area contributed by atoms with Crippen molar-refractivity contribution in [1.29, 1.82) is 0 Å². The van der Waals surface area contributed by atoms with Crippen molar-refractivity contribution in [2.75, 3.05) is 24.6 Å². The lowest BCUT2D eigenvalue weighted by molar-refractivity contribution is -0.385. The molecule has 116 valence electrons. The molecule has 1 heterocycles. The zero-order valence-electron chi connectivity index (χ0n) is 10.7. The second-order valence-electron chi connectivity index (χ2n) is 3.87. The van der Waals surface area contributed by atoms with Crippen LogP contribution in [0, 0.1) is 10.1 Å². The Labute approximate surface area is 117 Å². The van der Waals surface area contributed by atoms with Crippen molar-refractivity contribution in [3.8, 4) is 0 Å². The number of anilines is 1. The number of nitrogens with zero attached hydrogens (tertiary/aromatic N) is 4. The summed E-state index contributed by atoms with van der Waals surface area (Å²) in [6.45, 7) is -1.40. The number of oxime groups is 1. The smallest absolute Gasteiger partial charge is 0.288 e. The summed E-state index contributed by atoms with van der Waals surface area (Å²) in [5.41, 5.74) is 4.77. The van der Waals surface area contributed by atoms with Crippen molar-refractivity contribution in [2.24, 2.45) is 10.9 Å². The van der Waals surface area contributed by atoms with Crippen LogP contribution in [0.1, 0.15) is 5.56 Å². The number of aliphatic hydroxyl groups excluding tert-OH is 1. The number of hydrogen-bond donors (Lipinski definition) is 3. The maximum absolute atomic E-state index is 12.5. The molecule has 0 radical (unpaired) electrons. The number of rotatable bonds is 7. The van der Waals surface area contributed by atoms with Crippen molar-refractivity contribution >= 4 is 17.3 Å². The predicted molar refractivity (Wildman–Crippen MR) is 68.7 cm³/mol. The summed E-state index contributed by atoms with van der Waals surface area (Å²) < 4.78 is 25.1.